The summed E-state index contributed by atoms with van der Waals surface area (Å²) in [6.45, 7) is 1.79. The maximum absolute atomic E-state index is 13.2. The number of nitrogens with one attached hydrogen (secondary N) is 1. The standard InChI is InChI=1S/C21H16FN3O2S/c1-13-5-7-14(8-6-13)17-11-28-21-19(17)20(23-12-24-21)27-10-18(26)25-16-4-2-3-15(22)9-16/h2-9,11-12H,10H2,1H3,(H,25,26). The van der Waals surface area contributed by atoms with Gasteiger partial charge in [-0.1, -0.05) is 35.9 Å². The zero-order valence-electron chi connectivity index (χ0n) is 15.0. The number of benzene rings is 2. The maximum Gasteiger partial charge on any atom is 0.262 e. The molecule has 0 bridgehead atoms. The van der Waals surface area contributed by atoms with E-state index in [1.54, 1.807) is 6.07 Å². The van der Waals surface area contributed by atoms with E-state index in [1.807, 2.05) is 36.6 Å². The Morgan fingerprint density at radius 3 is 2.79 bits per heavy atom. The molecule has 2 aromatic carbocycles. The van der Waals surface area contributed by atoms with Gasteiger partial charge in [0.15, 0.2) is 6.61 Å². The molecule has 0 aliphatic rings. The molecule has 0 unspecified atom stereocenters. The third kappa shape index (κ3) is 3.84. The minimum absolute atomic E-state index is 0.244. The Morgan fingerprint density at radius 1 is 1.18 bits per heavy atom. The summed E-state index contributed by atoms with van der Waals surface area (Å²) < 4.78 is 18.9. The van der Waals surface area contributed by atoms with E-state index in [1.165, 1.54) is 41.4 Å². The fraction of sp³-hybridized carbons (Fsp3) is 0.0952. The molecule has 0 aliphatic carbocycles. The molecular formula is C21H16FN3O2S. The normalized spacial score (nSPS) is 10.8. The summed E-state index contributed by atoms with van der Waals surface area (Å²) in [7, 11) is 0. The Hall–Kier alpha value is -3.32. The average molecular weight is 393 g/mol. The van der Waals surface area contributed by atoms with Crippen molar-refractivity contribution in [2.75, 3.05) is 11.9 Å². The van der Waals surface area contributed by atoms with Crippen molar-refractivity contribution in [3.63, 3.8) is 0 Å². The van der Waals surface area contributed by atoms with Crippen molar-refractivity contribution in [1.29, 1.82) is 0 Å². The molecule has 5 nitrogen and oxygen atoms in total. The first-order chi connectivity index (χ1) is 13.6. The number of carbonyl (C=O) groups is 1. The van der Waals surface area contributed by atoms with Gasteiger partial charge in [-0.05, 0) is 30.7 Å². The molecule has 0 spiro atoms. The van der Waals surface area contributed by atoms with Crippen LogP contribution in [0.15, 0.2) is 60.2 Å². The summed E-state index contributed by atoms with van der Waals surface area (Å²) in [5.41, 5.74) is 3.53. The van der Waals surface area contributed by atoms with E-state index >= 15 is 0 Å². The molecule has 4 aromatic rings. The van der Waals surface area contributed by atoms with Gasteiger partial charge in [0.1, 0.15) is 17.0 Å². The quantitative estimate of drug-likeness (QED) is 0.528. The van der Waals surface area contributed by atoms with Crippen LogP contribution in [0.1, 0.15) is 5.56 Å². The van der Waals surface area contributed by atoms with Crippen LogP contribution in [0, 0.1) is 12.7 Å². The number of hydrogen-bond donors (Lipinski definition) is 1. The van der Waals surface area contributed by atoms with Gasteiger partial charge < -0.3 is 10.1 Å². The van der Waals surface area contributed by atoms with Crippen molar-refractivity contribution in [3.8, 4) is 17.0 Å². The molecule has 0 fully saturated rings. The van der Waals surface area contributed by atoms with Gasteiger partial charge in [0.25, 0.3) is 5.91 Å². The fourth-order valence-electron chi connectivity index (χ4n) is 2.80. The number of amides is 1. The highest BCUT2D eigenvalue weighted by molar-refractivity contribution is 7.17. The molecule has 0 aliphatic heterocycles. The molecule has 28 heavy (non-hydrogen) atoms. The second-order valence-electron chi connectivity index (χ2n) is 6.22. The first-order valence-electron chi connectivity index (χ1n) is 8.57. The van der Waals surface area contributed by atoms with Gasteiger partial charge in [-0.2, -0.15) is 0 Å². The highest BCUT2D eigenvalue weighted by Crippen LogP contribution is 2.37. The van der Waals surface area contributed by atoms with Crippen LogP contribution in [0.2, 0.25) is 0 Å². The van der Waals surface area contributed by atoms with Crippen molar-refractivity contribution in [2.24, 2.45) is 0 Å². The number of anilines is 1. The van der Waals surface area contributed by atoms with Crippen LogP contribution in [0.5, 0.6) is 5.88 Å². The van der Waals surface area contributed by atoms with E-state index in [-0.39, 0.29) is 6.61 Å². The molecule has 0 radical (unpaired) electrons. The third-order valence-electron chi connectivity index (χ3n) is 4.15. The number of thiophene rings is 1. The predicted molar refractivity (Wildman–Crippen MR) is 108 cm³/mol. The number of hydrogen-bond acceptors (Lipinski definition) is 5. The number of carbonyl (C=O) groups excluding carboxylic acids is 1. The van der Waals surface area contributed by atoms with Crippen LogP contribution >= 0.6 is 11.3 Å². The highest BCUT2D eigenvalue weighted by Gasteiger charge is 2.15. The van der Waals surface area contributed by atoms with E-state index in [2.05, 4.69) is 15.3 Å². The number of aromatic nitrogens is 2. The lowest BCUT2D eigenvalue weighted by atomic mass is 10.0. The van der Waals surface area contributed by atoms with Gasteiger partial charge in [-0.15, -0.1) is 11.3 Å². The Kier molecular flexibility index (Phi) is 4.99. The smallest absolute Gasteiger partial charge is 0.262 e. The lowest BCUT2D eigenvalue weighted by molar-refractivity contribution is -0.118. The second kappa shape index (κ2) is 7.74. The highest BCUT2D eigenvalue weighted by atomic mass is 32.1. The SMILES string of the molecule is Cc1ccc(-c2csc3ncnc(OCC(=O)Nc4cccc(F)c4)c23)cc1. The average Bonchev–Trinajstić information content (AvgIpc) is 3.12. The topological polar surface area (TPSA) is 64.1 Å². The zero-order chi connectivity index (χ0) is 19.5. The molecular weight excluding hydrogens is 377 g/mol. The number of rotatable bonds is 5. The zero-order valence-corrected chi connectivity index (χ0v) is 15.8. The summed E-state index contributed by atoms with van der Waals surface area (Å²) in [4.78, 5) is 21.5. The van der Waals surface area contributed by atoms with E-state index < -0.39 is 11.7 Å². The Labute approximate surface area is 164 Å². The molecule has 2 aromatic heterocycles. The summed E-state index contributed by atoms with van der Waals surface area (Å²) in [6.07, 6.45) is 1.41. The third-order valence-corrected chi connectivity index (χ3v) is 5.03. The summed E-state index contributed by atoms with van der Waals surface area (Å²) >= 11 is 1.49. The van der Waals surface area contributed by atoms with Crippen LogP contribution in [0.4, 0.5) is 10.1 Å². The number of aryl methyl sites for hydroxylation is 1. The first kappa shape index (κ1) is 18.1. The molecule has 1 N–H and O–H groups in total. The number of fused-ring (bicyclic) bond motifs is 1. The summed E-state index contributed by atoms with van der Waals surface area (Å²) in [5.74, 6) is -0.474. The molecule has 1 amide bonds. The predicted octanol–water partition coefficient (Wildman–Crippen LogP) is 4.82. The fourth-order valence-corrected chi connectivity index (χ4v) is 3.71. The second-order valence-corrected chi connectivity index (χ2v) is 7.08. The van der Waals surface area contributed by atoms with Gasteiger partial charge in [-0.25, -0.2) is 14.4 Å². The van der Waals surface area contributed by atoms with Crippen molar-refractivity contribution < 1.29 is 13.9 Å². The number of ether oxygens (including phenoxy) is 1. The van der Waals surface area contributed by atoms with Gasteiger partial charge in [-0.3, -0.25) is 4.79 Å². The van der Waals surface area contributed by atoms with E-state index in [0.717, 1.165) is 21.3 Å². The van der Waals surface area contributed by atoms with Crippen LogP contribution in [0.25, 0.3) is 21.3 Å². The van der Waals surface area contributed by atoms with Crippen molar-refractivity contribution in [2.45, 2.75) is 6.92 Å². The maximum atomic E-state index is 13.2. The largest absolute Gasteiger partial charge is 0.467 e. The van der Waals surface area contributed by atoms with Gasteiger partial charge in [0.2, 0.25) is 5.88 Å². The molecule has 7 heteroatoms. The van der Waals surface area contributed by atoms with Gasteiger partial charge >= 0.3 is 0 Å². The Bertz CT molecular complexity index is 1140. The van der Waals surface area contributed by atoms with Crippen LogP contribution in [-0.2, 0) is 4.79 Å². The number of halogens is 1. The monoisotopic (exact) mass is 393 g/mol. The molecule has 0 saturated heterocycles. The van der Waals surface area contributed by atoms with E-state index in [9.17, 15) is 9.18 Å². The summed E-state index contributed by atoms with van der Waals surface area (Å²) in [5, 5.41) is 5.38. The van der Waals surface area contributed by atoms with Crippen LogP contribution < -0.4 is 10.1 Å². The van der Waals surface area contributed by atoms with Crippen LogP contribution in [0.3, 0.4) is 0 Å². The lowest BCUT2D eigenvalue weighted by Crippen LogP contribution is -2.20. The number of nitrogens with zero attached hydrogens (tertiary/aromatic N) is 2. The Morgan fingerprint density at radius 2 is 2.00 bits per heavy atom. The lowest BCUT2D eigenvalue weighted by Gasteiger charge is -2.09. The first-order valence-corrected chi connectivity index (χ1v) is 9.45. The minimum Gasteiger partial charge on any atom is -0.467 e. The van der Waals surface area contributed by atoms with E-state index in [0.29, 0.717) is 11.6 Å². The molecule has 4 rings (SSSR count). The van der Waals surface area contributed by atoms with E-state index in [4.69, 9.17) is 4.74 Å². The summed E-state index contributed by atoms with van der Waals surface area (Å²) in [6, 6.07) is 13.8. The van der Waals surface area contributed by atoms with Crippen molar-refractivity contribution in [3.05, 3.63) is 71.6 Å². The Balaban J connectivity index is 1.56. The van der Waals surface area contributed by atoms with Gasteiger partial charge in [0.05, 0.1) is 5.39 Å². The molecule has 140 valence electrons. The minimum atomic E-state index is -0.419. The molecule has 2 heterocycles. The molecule has 0 saturated carbocycles. The van der Waals surface area contributed by atoms with Gasteiger partial charge in [0, 0.05) is 16.6 Å². The van der Waals surface area contributed by atoms with Crippen molar-refractivity contribution in [1.82, 2.24) is 9.97 Å². The van der Waals surface area contributed by atoms with Crippen LogP contribution in [-0.4, -0.2) is 22.5 Å². The molecule has 0 atom stereocenters. The van der Waals surface area contributed by atoms with Crippen molar-refractivity contribution >= 4 is 33.1 Å².